The third kappa shape index (κ3) is 7.19. The molecule has 0 aliphatic rings. The number of benzene rings is 3. The highest BCUT2D eigenvalue weighted by molar-refractivity contribution is 6.31. The summed E-state index contributed by atoms with van der Waals surface area (Å²) in [4.78, 5) is 36.5. The molecule has 0 saturated heterocycles. The van der Waals surface area contributed by atoms with Crippen LogP contribution in [0.15, 0.2) is 78.9 Å². The maximum Gasteiger partial charge on any atom is 0.303 e. The third-order valence-electron chi connectivity index (χ3n) is 5.17. The lowest BCUT2D eigenvalue weighted by atomic mass is 10.0. The minimum atomic E-state index is -1.04. The van der Waals surface area contributed by atoms with E-state index >= 15 is 0 Å². The van der Waals surface area contributed by atoms with E-state index in [9.17, 15) is 14.4 Å². The Morgan fingerprint density at radius 3 is 2.15 bits per heavy atom. The van der Waals surface area contributed by atoms with E-state index in [1.165, 1.54) is 0 Å². The first-order valence-electron chi connectivity index (χ1n) is 10.6. The first-order valence-corrected chi connectivity index (χ1v) is 11.0. The second-order valence-electron chi connectivity index (χ2n) is 7.53. The largest absolute Gasteiger partial charge is 0.481 e. The van der Waals surface area contributed by atoms with Crippen LogP contribution in [0.3, 0.4) is 0 Å². The number of amides is 2. The van der Waals surface area contributed by atoms with Crippen LogP contribution in [0.2, 0.25) is 5.02 Å². The molecule has 33 heavy (non-hydrogen) atoms. The monoisotopic (exact) mass is 464 g/mol. The molecule has 7 heteroatoms. The highest BCUT2D eigenvalue weighted by Crippen LogP contribution is 2.19. The SMILES string of the molecule is O=C(O)CC[C@H](NC(=O)c1ccc(-c2ccccc2)cc1)C(=O)NCCc1ccccc1Cl. The Hall–Kier alpha value is -3.64. The molecule has 0 aliphatic carbocycles. The Balaban J connectivity index is 1.62. The molecule has 0 saturated carbocycles. The van der Waals surface area contributed by atoms with Crippen LogP contribution in [0, 0.1) is 0 Å². The zero-order valence-electron chi connectivity index (χ0n) is 18.0. The normalized spacial score (nSPS) is 11.4. The van der Waals surface area contributed by atoms with Crippen molar-refractivity contribution in [2.75, 3.05) is 6.54 Å². The number of carboxylic acid groups (broad SMARTS) is 1. The molecule has 170 valence electrons. The lowest BCUT2D eigenvalue weighted by molar-refractivity contribution is -0.137. The minimum Gasteiger partial charge on any atom is -0.481 e. The van der Waals surface area contributed by atoms with Crippen molar-refractivity contribution in [1.29, 1.82) is 0 Å². The van der Waals surface area contributed by atoms with Gasteiger partial charge >= 0.3 is 5.97 Å². The molecule has 0 unspecified atom stereocenters. The summed E-state index contributed by atoms with van der Waals surface area (Å²) in [5.74, 6) is -1.91. The average molecular weight is 465 g/mol. The van der Waals surface area contributed by atoms with Gasteiger partial charge in [0.05, 0.1) is 0 Å². The summed E-state index contributed by atoms with van der Waals surface area (Å²) < 4.78 is 0. The predicted molar refractivity (Wildman–Crippen MR) is 128 cm³/mol. The summed E-state index contributed by atoms with van der Waals surface area (Å²) in [7, 11) is 0. The Labute approximate surface area is 197 Å². The van der Waals surface area contributed by atoms with Crippen molar-refractivity contribution < 1.29 is 19.5 Å². The zero-order valence-corrected chi connectivity index (χ0v) is 18.7. The molecule has 0 aromatic heterocycles. The van der Waals surface area contributed by atoms with Crippen molar-refractivity contribution in [2.45, 2.75) is 25.3 Å². The lowest BCUT2D eigenvalue weighted by Crippen LogP contribution is -2.47. The van der Waals surface area contributed by atoms with Crippen molar-refractivity contribution in [3.05, 3.63) is 95.0 Å². The van der Waals surface area contributed by atoms with Crippen molar-refractivity contribution >= 4 is 29.4 Å². The van der Waals surface area contributed by atoms with Crippen LogP contribution in [-0.4, -0.2) is 35.5 Å². The predicted octanol–water partition coefficient (Wildman–Crippen LogP) is 4.33. The molecular formula is C26H25ClN2O4. The molecule has 3 aromatic rings. The fraction of sp³-hybridized carbons (Fsp3) is 0.192. The molecule has 3 rings (SSSR count). The molecular weight excluding hydrogens is 440 g/mol. The van der Waals surface area contributed by atoms with Crippen molar-refractivity contribution in [3.8, 4) is 11.1 Å². The zero-order chi connectivity index (χ0) is 23.6. The van der Waals surface area contributed by atoms with E-state index in [1.54, 1.807) is 18.2 Å². The molecule has 0 spiro atoms. The van der Waals surface area contributed by atoms with E-state index in [0.29, 0.717) is 23.6 Å². The molecule has 0 radical (unpaired) electrons. The maximum absolute atomic E-state index is 12.7. The Bertz CT molecular complexity index is 1100. The Kier molecular flexibility index (Phi) is 8.61. The number of rotatable bonds is 10. The summed E-state index contributed by atoms with van der Waals surface area (Å²) in [6.45, 7) is 0.313. The van der Waals surface area contributed by atoms with Gasteiger partial charge in [0.1, 0.15) is 6.04 Å². The van der Waals surface area contributed by atoms with Crippen LogP contribution in [0.5, 0.6) is 0 Å². The van der Waals surface area contributed by atoms with Crippen LogP contribution in [0.25, 0.3) is 11.1 Å². The van der Waals surface area contributed by atoms with Crippen LogP contribution in [0.4, 0.5) is 0 Å². The van der Waals surface area contributed by atoms with Crippen molar-refractivity contribution in [3.63, 3.8) is 0 Å². The fourth-order valence-electron chi connectivity index (χ4n) is 3.37. The van der Waals surface area contributed by atoms with Crippen molar-refractivity contribution in [1.82, 2.24) is 10.6 Å². The van der Waals surface area contributed by atoms with E-state index < -0.39 is 23.8 Å². The molecule has 3 aromatic carbocycles. The van der Waals surface area contributed by atoms with Gasteiger partial charge in [-0.05, 0) is 47.7 Å². The van der Waals surface area contributed by atoms with Gasteiger partial charge in [0.25, 0.3) is 5.91 Å². The fourth-order valence-corrected chi connectivity index (χ4v) is 3.60. The van der Waals surface area contributed by atoms with Crippen molar-refractivity contribution in [2.24, 2.45) is 0 Å². The molecule has 0 fully saturated rings. The van der Waals surface area contributed by atoms with E-state index in [1.807, 2.05) is 60.7 Å². The first-order chi connectivity index (χ1) is 15.9. The van der Waals surface area contributed by atoms with Gasteiger partial charge in [-0.3, -0.25) is 14.4 Å². The number of halogens is 1. The highest BCUT2D eigenvalue weighted by atomic mass is 35.5. The summed E-state index contributed by atoms with van der Waals surface area (Å²) in [6, 6.07) is 23.2. The summed E-state index contributed by atoms with van der Waals surface area (Å²) in [6.07, 6.45) is 0.267. The van der Waals surface area contributed by atoms with Gasteiger partial charge in [-0.15, -0.1) is 0 Å². The number of hydrogen-bond acceptors (Lipinski definition) is 3. The molecule has 6 nitrogen and oxygen atoms in total. The first kappa shape index (κ1) is 24.0. The molecule has 2 amide bonds. The van der Waals surface area contributed by atoms with Gasteiger partial charge in [0, 0.05) is 23.6 Å². The van der Waals surface area contributed by atoms with Gasteiger partial charge in [-0.1, -0.05) is 72.3 Å². The van der Waals surface area contributed by atoms with Gasteiger partial charge in [-0.25, -0.2) is 0 Å². The van der Waals surface area contributed by atoms with Gasteiger partial charge < -0.3 is 15.7 Å². The van der Waals surface area contributed by atoms with E-state index in [-0.39, 0.29) is 12.8 Å². The second kappa shape index (κ2) is 11.8. The number of carboxylic acids is 1. The molecule has 0 heterocycles. The number of aliphatic carboxylic acids is 1. The summed E-state index contributed by atoms with van der Waals surface area (Å²) in [5, 5.41) is 15.1. The lowest BCUT2D eigenvalue weighted by Gasteiger charge is -2.18. The van der Waals surface area contributed by atoms with Crippen LogP contribution in [0.1, 0.15) is 28.8 Å². The molecule has 0 bridgehead atoms. The highest BCUT2D eigenvalue weighted by Gasteiger charge is 2.22. The van der Waals surface area contributed by atoms with Crippen LogP contribution in [-0.2, 0) is 16.0 Å². The number of nitrogens with one attached hydrogen (secondary N) is 2. The van der Waals surface area contributed by atoms with Gasteiger partial charge in [-0.2, -0.15) is 0 Å². The molecule has 3 N–H and O–H groups in total. The number of carbonyl (C=O) groups excluding carboxylic acids is 2. The van der Waals surface area contributed by atoms with E-state index in [4.69, 9.17) is 16.7 Å². The van der Waals surface area contributed by atoms with E-state index in [0.717, 1.165) is 16.7 Å². The third-order valence-corrected chi connectivity index (χ3v) is 5.54. The Morgan fingerprint density at radius 2 is 1.48 bits per heavy atom. The molecule has 0 aliphatic heterocycles. The quantitative estimate of drug-likeness (QED) is 0.416. The van der Waals surface area contributed by atoms with Gasteiger partial charge in [0.15, 0.2) is 0 Å². The molecule has 1 atom stereocenters. The van der Waals surface area contributed by atoms with Crippen LogP contribution >= 0.6 is 11.6 Å². The summed E-state index contributed by atoms with van der Waals surface area (Å²) >= 11 is 6.14. The Morgan fingerprint density at radius 1 is 0.848 bits per heavy atom. The smallest absolute Gasteiger partial charge is 0.303 e. The number of hydrogen-bond donors (Lipinski definition) is 3. The average Bonchev–Trinajstić information content (AvgIpc) is 2.83. The van der Waals surface area contributed by atoms with E-state index in [2.05, 4.69) is 10.6 Å². The summed E-state index contributed by atoms with van der Waals surface area (Å²) in [5.41, 5.74) is 3.27. The number of carbonyl (C=O) groups is 3. The standard InChI is InChI=1S/C26H25ClN2O4/c27-22-9-5-4-8-20(22)16-17-28-26(33)23(14-15-24(30)31)29-25(32)21-12-10-19(11-13-21)18-6-2-1-3-7-18/h1-13,23H,14-17H2,(H,28,33)(H,29,32)(H,30,31)/t23-/m0/s1. The topological polar surface area (TPSA) is 95.5 Å². The second-order valence-corrected chi connectivity index (χ2v) is 7.94. The van der Waals surface area contributed by atoms with Gasteiger partial charge in [0.2, 0.25) is 5.91 Å². The van der Waals surface area contributed by atoms with Crippen LogP contribution < -0.4 is 10.6 Å². The minimum absolute atomic E-state index is 0.0128. The maximum atomic E-state index is 12.7.